The average Bonchev–Trinajstić information content (AvgIpc) is 2.72. The topological polar surface area (TPSA) is 39.2 Å². The molecule has 2 fully saturated rings. The smallest absolute Gasteiger partial charge is 0.123 e. The molecule has 1 N–H and O–H groups in total. The molecule has 0 amide bonds. The largest absolute Gasteiger partial charge is 0.494 e. The minimum absolute atomic E-state index is 0.261. The zero-order valence-electron chi connectivity index (χ0n) is 17.9. The third-order valence-corrected chi connectivity index (χ3v) is 6.36. The van der Waals surface area contributed by atoms with Crippen molar-refractivity contribution in [3.05, 3.63) is 29.8 Å². The Kier molecular flexibility index (Phi) is 8.59. The summed E-state index contributed by atoms with van der Waals surface area (Å²) in [6, 6.07) is 9.52. The first-order valence-corrected chi connectivity index (χ1v) is 11.3. The number of piperidine rings is 1. The molecule has 2 saturated heterocycles. The summed E-state index contributed by atoms with van der Waals surface area (Å²) in [5, 5.41) is 9.66. The van der Waals surface area contributed by atoms with Gasteiger partial charge < -0.3 is 14.7 Å². The zero-order valence-corrected chi connectivity index (χ0v) is 17.9. The van der Waals surface area contributed by atoms with Gasteiger partial charge in [-0.05, 0) is 58.3 Å². The van der Waals surface area contributed by atoms with E-state index in [2.05, 4.69) is 39.8 Å². The normalized spacial score (nSPS) is 23.2. The van der Waals surface area contributed by atoms with Gasteiger partial charge in [-0.15, -0.1) is 0 Å². The van der Waals surface area contributed by atoms with E-state index < -0.39 is 0 Å². The van der Waals surface area contributed by atoms with Crippen LogP contribution in [0.4, 0.5) is 0 Å². The van der Waals surface area contributed by atoms with Crippen LogP contribution in [0.15, 0.2) is 24.3 Å². The molecule has 1 atom stereocenters. The molecular formula is C23H39N3O2. The Bertz CT molecular complexity index is 575. The van der Waals surface area contributed by atoms with Crippen molar-refractivity contribution in [2.45, 2.75) is 58.2 Å². The molecule has 5 nitrogen and oxygen atoms in total. The van der Waals surface area contributed by atoms with Gasteiger partial charge >= 0.3 is 0 Å². The third-order valence-electron chi connectivity index (χ3n) is 6.36. The van der Waals surface area contributed by atoms with E-state index in [1.807, 2.05) is 13.0 Å². The van der Waals surface area contributed by atoms with E-state index in [1.54, 1.807) is 0 Å². The maximum atomic E-state index is 9.66. The minimum atomic E-state index is 0.261. The van der Waals surface area contributed by atoms with Crippen molar-refractivity contribution in [3.8, 4) is 5.75 Å². The van der Waals surface area contributed by atoms with E-state index in [0.29, 0.717) is 18.7 Å². The van der Waals surface area contributed by atoms with Crippen molar-refractivity contribution in [2.24, 2.45) is 0 Å². The van der Waals surface area contributed by atoms with Gasteiger partial charge in [0.25, 0.3) is 0 Å². The quantitative estimate of drug-likeness (QED) is 0.703. The van der Waals surface area contributed by atoms with E-state index >= 15 is 0 Å². The molecule has 1 unspecified atom stereocenters. The van der Waals surface area contributed by atoms with Crippen molar-refractivity contribution >= 4 is 0 Å². The van der Waals surface area contributed by atoms with Crippen LogP contribution in [0.3, 0.4) is 0 Å². The van der Waals surface area contributed by atoms with Crippen molar-refractivity contribution in [2.75, 3.05) is 52.5 Å². The van der Waals surface area contributed by atoms with Crippen LogP contribution in [0.2, 0.25) is 0 Å². The Morgan fingerprint density at radius 2 is 1.86 bits per heavy atom. The van der Waals surface area contributed by atoms with Crippen molar-refractivity contribution < 1.29 is 9.84 Å². The summed E-state index contributed by atoms with van der Waals surface area (Å²) >= 11 is 0. The highest BCUT2D eigenvalue weighted by atomic mass is 16.5. The number of piperazine rings is 1. The average molecular weight is 390 g/mol. The number of likely N-dealkylation sites (tertiary alicyclic amines) is 1. The number of nitrogens with zero attached hydrogens (tertiary/aromatic N) is 3. The Hall–Kier alpha value is -1.14. The summed E-state index contributed by atoms with van der Waals surface area (Å²) in [5.41, 5.74) is 1.26. The number of hydrogen-bond donors (Lipinski definition) is 1. The molecule has 158 valence electrons. The summed E-state index contributed by atoms with van der Waals surface area (Å²) in [6.45, 7) is 13.2. The number of rotatable bonds is 9. The van der Waals surface area contributed by atoms with Gasteiger partial charge in [0.1, 0.15) is 5.75 Å². The van der Waals surface area contributed by atoms with Crippen LogP contribution in [-0.4, -0.2) is 84.4 Å². The van der Waals surface area contributed by atoms with Gasteiger partial charge in [-0.25, -0.2) is 0 Å². The molecule has 28 heavy (non-hydrogen) atoms. The van der Waals surface area contributed by atoms with Crippen molar-refractivity contribution in [1.82, 2.24) is 14.7 Å². The van der Waals surface area contributed by atoms with Gasteiger partial charge in [0.15, 0.2) is 0 Å². The fraction of sp³-hybridized carbons (Fsp3) is 0.739. The maximum absolute atomic E-state index is 9.66. The molecule has 0 aromatic heterocycles. The fourth-order valence-corrected chi connectivity index (χ4v) is 4.85. The Morgan fingerprint density at radius 1 is 1.07 bits per heavy atom. The van der Waals surface area contributed by atoms with Gasteiger partial charge in [0, 0.05) is 50.4 Å². The second kappa shape index (κ2) is 11.1. The highest BCUT2D eigenvalue weighted by Gasteiger charge is 2.32. The summed E-state index contributed by atoms with van der Waals surface area (Å²) in [6.07, 6.45) is 4.69. The van der Waals surface area contributed by atoms with Crippen LogP contribution in [0.5, 0.6) is 5.75 Å². The second-order valence-electron chi connectivity index (χ2n) is 8.25. The van der Waals surface area contributed by atoms with Gasteiger partial charge in [0.05, 0.1) is 6.61 Å². The van der Waals surface area contributed by atoms with Crippen LogP contribution in [0.1, 0.15) is 45.1 Å². The van der Waals surface area contributed by atoms with Gasteiger partial charge in [0.2, 0.25) is 0 Å². The zero-order chi connectivity index (χ0) is 19.8. The third kappa shape index (κ3) is 5.69. The molecule has 2 aliphatic heterocycles. The first-order chi connectivity index (χ1) is 13.7. The maximum Gasteiger partial charge on any atom is 0.123 e. The molecule has 5 heteroatoms. The SMILES string of the molecule is CCCN1CCC(N2CCN(Cc3ccccc3OCC)C(CCO)C2)CC1. The number of aliphatic hydroxyl groups excluding tert-OH is 1. The summed E-state index contributed by atoms with van der Waals surface area (Å²) < 4.78 is 5.83. The molecule has 2 aliphatic rings. The van der Waals surface area contributed by atoms with E-state index in [0.717, 1.165) is 38.3 Å². The van der Waals surface area contributed by atoms with E-state index in [9.17, 15) is 5.11 Å². The fourth-order valence-electron chi connectivity index (χ4n) is 4.85. The molecule has 3 rings (SSSR count). The predicted octanol–water partition coefficient (Wildman–Crippen LogP) is 2.83. The van der Waals surface area contributed by atoms with Gasteiger partial charge in [-0.2, -0.15) is 0 Å². The molecule has 0 saturated carbocycles. The first-order valence-electron chi connectivity index (χ1n) is 11.3. The van der Waals surface area contributed by atoms with Crippen molar-refractivity contribution in [3.63, 3.8) is 0 Å². The van der Waals surface area contributed by atoms with E-state index in [4.69, 9.17) is 4.74 Å². The standard InChI is InChI=1S/C23H39N3O2/c1-3-12-24-13-9-21(10-14-24)26-16-15-25(22(19-26)11-17-27)18-20-7-5-6-8-23(20)28-4-2/h5-8,21-22,27H,3-4,9-19H2,1-2H3. The van der Waals surface area contributed by atoms with Crippen LogP contribution in [-0.2, 0) is 6.54 Å². The Labute approximate surface area is 171 Å². The summed E-state index contributed by atoms with van der Waals surface area (Å²) in [4.78, 5) is 7.87. The predicted molar refractivity (Wildman–Crippen MR) is 115 cm³/mol. The highest BCUT2D eigenvalue weighted by Crippen LogP contribution is 2.26. The van der Waals surface area contributed by atoms with Crippen LogP contribution in [0, 0.1) is 0 Å². The molecule has 1 aromatic rings. The highest BCUT2D eigenvalue weighted by molar-refractivity contribution is 5.33. The van der Waals surface area contributed by atoms with Gasteiger partial charge in [-0.1, -0.05) is 25.1 Å². The monoisotopic (exact) mass is 389 g/mol. The second-order valence-corrected chi connectivity index (χ2v) is 8.25. The summed E-state index contributed by atoms with van der Waals surface area (Å²) in [7, 11) is 0. The molecule has 0 radical (unpaired) electrons. The lowest BCUT2D eigenvalue weighted by Crippen LogP contribution is -2.57. The van der Waals surface area contributed by atoms with Crippen molar-refractivity contribution in [1.29, 1.82) is 0 Å². The summed E-state index contributed by atoms with van der Waals surface area (Å²) in [5.74, 6) is 0.999. The first kappa shape index (κ1) is 21.6. The number of ether oxygens (including phenoxy) is 1. The molecular weight excluding hydrogens is 350 g/mol. The van der Waals surface area contributed by atoms with Crippen LogP contribution >= 0.6 is 0 Å². The van der Waals surface area contributed by atoms with Gasteiger partial charge in [-0.3, -0.25) is 9.80 Å². The molecule has 0 spiro atoms. The molecule has 0 bridgehead atoms. The lowest BCUT2D eigenvalue weighted by atomic mass is 9.99. The van der Waals surface area contributed by atoms with Crippen LogP contribution < -0.4 is 4.74 Å². The van der Waals surface area contributed by atoms with Crippen LogP contribution in [0.25, 0.3) is 0 Å². The number of benzene rings is 1. The lowest BCUT2D eigenvalue weighted by molar-refractivity contribution is 0.0128. The number of hydrogen-bond acceptors (Lipinski definition) is 5. The molecule has 1 aromatic carbocycles. The Balaban J connectivity index is 1.59. The Morgan fingerprint density at radius 3 is 2.57 bits per heavy atom. The minimum Gasteiger partial charge on any atom is -0.494 e. The molecule has 2 heterocycles. The number of aliphatic hydroxyl groups is 1. The van der Waals surface area contributed by atoms with E-state index in [-0.39, 0.29) is 6.61 Å². The lowest BCUT2D eigenvalue weighted by Gasteiger charge is -2.46. The number of para-hydroxylation sites is 1. The molecule has 0 aliphatic carbocycles. The van der Waals surface area contributed by atoms with E-state index in [1.165, 1.54) is 44.5 Å².